The van der Waals surface area contributed by atoms with Crippen LogP contribution in [-0.4, -0.2) is 39.6 Å². The lowest BCUT2D eigenvalue weighted by Gasteiger charge is -2.29. The van der Waals surface area contributed by atoms with Crippen molar-refractivity contribution in [3.8, 4) is 0 Å². The summed E-state index contributed by atoms with van der Waals surface area (Å²) >= 11 is 0. The summed E-state index contributed by atoms with van der Waals surface area (Å²) in [4.78, 5) is 7.41. The van der Waals surface area contributed by atoms with E-state index in [4.69, 9.17) is 0 Å². The molecule has 1 aromatic heterocycles. The molecule has 1 fully saturated rings. The van der Waals surface area contributed by atoms with Crippen LogP contribution in [0, 0.1) is 13.8 Å². The van der Waals surface area contributed by atoms with E-state index in [1.165, 1.54) is 0 Å². The zero-order valence-corrected chi connectivity index (χ0v) is 16.4. The molecule has 1 saturated heterocycles. The summed E-state index contributed by atoms with van der Waals surface area (Å²) in [5.41, 5.74) is 2.05. The Hall–Kier alpha value is -2.44. The molecule has 0 unspecified atom stereocenters. The third-order valence-electron chi connectivity index (χ3n) is 5.23. The zero-order chi connectivity index (χ0) is 19.0. The van der Waals surface area contributed by atoms with Crippen LogP contribution in [0.1, 0.15) is 11.1 Å². The molecule has 1 N–H and O–H groups in total. The standard InChI is InChI=1S/C21H23N3O2S/c1-15-3-5-18(13-16(15)2)27(25,26)19-6-4-17-7-8-23-21(20(17)14-19)24-11-9-22-10-12-24/h3-8,13-14,22H,9-12H2,1-2H3. The van der Waals surface area contributed by atoms with Crippen molar-refractivity contribution in [3.05, 3.63) is 59.8 Å². The normalized spacial score (nSPS) is 15.3. The van der Waals surface area contributed by atoms with Gasteiger partial charge in [-0.05, 0) is 60.7 Å². The van der Waals surface area contributed by atoms with Crippen molar-refractivity contribution >= 4 is 26.4 Å². The highest BCUT2D eigenvalue weighted by Crippen LogP contribution is 2.30. The Balaban J connectivity index is 1.83. The molecule has 0 spiro atoms. The van der Waals surface area contributed by atoms with Crippen molar-refractivity contribution < 1.29 is 8.42 Å². The van der Waals surface area contributed by atoms with Crippen LogP contribution in [-0.2, 0) is 9.84 Å². The molecule has 0 radical (unpaired) electrons. The summed E-state index contributed by atoms with van der Waals surface area (Å²) in [5, 5.41) is 5.21. The molecular weight excluding hydrogens is 358 g/mol. The molecule has 0 amide bonds. The summed E-state index contributed by atoms with van der Waals surface area (Å²) in [6.07, 6.45) is 1.79. The van der Waals surface area contributed by atoms with Gasteiger partial charge < -0.3 is 10.2 Å². The molecule has 0 aliphatic carbocycles. The van der Waals surface area contributed by atoms with Gasteiger partial charge in [-0.1, -0.05) is 12.1 Å². The molecule has 27 heavy (non-hydrogen) atoms. The first-order valence-corrected chi connectivity index (χ1v) is 10.6. The van der Waals surface area contributed by atoms with Crippen molar-refractivity contribution in [1.82, 2.24) is 10.3 Å². The van der Waals surface area contributed by atoms with E-state index in [2.05, 4.69) is 15.2 Å². The molecule has 3 aromatic rings. The van der Waals surface area contributed by atoms with Crippen molar-refractivity contribution in [2.45, 2.75) is 23.6 Å². The molecule has 1 aliphatic rings. The SMILES string of the molecule is Cc1ccc(S(=O)(=O)c2ccc3ccnc(N4CCNCC4)c3c2)cc1C. The van der Waals surface area contributed by atoms with Gasteiger partial charge >= 0.3 is 0 Å². The molecular formula is C21H23N3O2S. The Morgan fingerprint density at radius 2 is 1.63 bits per heavy atom. The quantitative estimate of drug-likeness (QED) is 0.755. The molecule has 0 atom stereocenters. The first kappa shape index (κ1) is 17.9. The predicted molar refractivity (Wildman–Crippen MR) is 108 cm³/mol. The molecule has 2 aromatic carbocycles. The first-order chi connectivity index (χ1) is 13.0. The van der Waals surface area contributed by atoms with E-state index in [9.17, 15) is 8.42 Å². The lowest BCUT2D eigenvalue weighted by Crippen LogP contribution is -2.43. The van der Waals surface area contributed by atoms with Gasteiger partial charge in [0, 0.05) is 37.8 Å². The Labute approximate surface area is 160 Å². The van der Waals surface area contributed by atoms with Crippen molar-refractivity contribution in [3.63, 3.8) is 0 Å². The number of aryl methyl sites for hydroxylation is 2. The monoisotopic (exact) mass is 381 g/mol. The highest BCUT2D eigenvalue weighted by molar-refractivity contribution is 7.91. The Morgan fingerprint density at radius 1 is 0.926 bits per heavy atom. The maximum atomic E-state index is 13.2. The fourth-order valence-corrected chi connectivity index (χ4v) is 4.82. The maximum absolute atomic E-state index is 13.2. The van der Waals surface area contributed by atoms with Crippen LogP contribution in [0.3, 0.4) is 0 Å². The molecule has 140 valence electrons. The summed E-state index contributed by atoms with van der Waals surface area (Å²) in [6, 6.07) is 12.5. The molecule has 1 aliphatic heterocycles. The van der Waals surface area contributed by atoms with Crippen LogP contribution < -0.4 is 10.2 Å². The average molecular weight is 382 g/mol. The number of anilines is 1. The predicted octanol–water partition coefficient (Wildman–Crippen LogP) is 3.09. The van der Waals surface area contributed by atoms with Gasteiger partial charge in [0.25, 0.3) is 0 Å². The number of rotatable bonds is 3. The Morgan fingerprint density at radius 3 is 2.37 bits per heavy atom. The number of pyridine rings is 1. The van der Waals surface area contributed by atoms with E-state index in [-0.39, 0.29) is 0 Å². The second kappa shape index (κ2) is 6.94. The van der Waals surface area contributed by atoms with E-state index in [0.717, 1.165) is 53.9 Å². The number of piperazine rings is 1. The molecule has 0 bridgehead atoms. The lowest BCUT2D eigenvalue weighted by atomic mass is 10.1. The third kappa shape index (κ3) is 3.31. The largest absolute Gasteiger partial charge is 0.354 e. The number of fused-ring (bicyclic) bond motifs is 1. The molecule has 0 saturated carbocycles. The third-order valence-corrected chi connectivity index (χ3v) is 6.98. The van der Waals surface area contributed by atoms with Gasteiger partial charge in [-0.25, -0.2) is 13.4 Å². The number of sulfone groups is 1. The number of aromatic nitrogens is 1. The van der Waals surface area contributed by atoms with E-state index in [0.29, 0.717) is 9.79 Å². The first-order valence-electron chi connectivity index (χ1n) is 9.13. The second-order valence-corrected chi connectivity index (χ2v) is 8.95. The second-order valence-electron chi connectivity index (χ2n) is 7.00. The molecule has 4 rings (SSSR count). The van der Waals surface area contributed by atoms with Crippen LogP contribution in [0.15, 0.2) is 58.5 Å². The molecule has 5 nitrogen and oxygen atoms in total. The molecule has 2 heterocycles. The van der Waals surface area contributed by atoms with E-state index >= 15 is 0 Å². The van der Waals surface area contributed by atoms with Gasteiger partial charge in [0.05, 0.1) is 9.79 Å². The number of benzene rings is 2. The van der Waals surface area contributed by atoms with Gasteiger partial charge in [0.2, 0.25) is 9.84 Å². The van der Waals surface area contributed by atoms with Crippen LogP contribution in [0.2, 0.25) is 0 Å². The maximum Gasteiger partial charge on any atom is 0.206 e. The Bertz CT molecular complexity index is 1100. The van der Waals surface area contributed by atoms with Gasteiger partial charge in [0.15, 0.2) is 0 Å². The van der Waals surface area contributed by atoms with Crippen molar-refractivity contribution in [2.75, 3.05) is 31.1 Å². The number of hydrogen-bond acceptors (Lipinski definition) is 5. The van der Waals surface area contributed by atoms with Gasteiger partial charge in [-0.15, -0.1) is 0 Å². The fourth-order valence-electron chi connectivity index (χ4n) is 3.45. The van der Waals surface area contributed by atoms with Crippen LogP contribution in [0.4, 0.5) is 5.82 Å². The van der Waals surface area contributed by atoms with E-state index < -0.39 is 9.84 Å². The van der Waals surface area contributed by atoms with Gasteiger partial charge in [-0.3, -0.25) is 0 Å². The highest BCUT2D eigenvalue weighted by atomic mass is 32.2. The number of nitrogens with zero attached hydrogens (tertiary/aromatic N) is 2. The smallest absolute Gasteiger partial charge is 0.206 e. The average Bonchev–Trinajstić information content (AvgIpc) is 2.69. The highest BCUT2D eigenvalue weighted by Gasteiger charge is 2.21. The van der Waals surface area contributed by atoms with E-state index in [1.807, 2.05) is 32.0 Å². The zero-order valence-electron chi connectivity index (χ0n) is 15.6. The fraction of sp³-hybridized carbons (Fsp3) is 0.286. The van der Waals surface area contributed by atoms with Crippen LogP contribution in [0.5, 0.6) is 0 Å². The topological polar surface area (TPSA) is 62.3 Å². The number of nitrogens with one attached hydrogen (secondary N) is 1. The van der Waals surface area contributed by atoms with Crippen molar-refractivity contribution in [2.24, 2.45) is 0 Å². The summed E-state index contributed by atoms with van der Waals surface area (Å²) in [7, 11) is -3.58. The lowest BCUT2D eigenvalue weighted by molar-refractivity contribution is 0.586. The van der Waals surface area contributed by atoms with Crippen molar-refractivity contribution in [1.29, 1.82) is 0 Å². The minimum absolute atomic E-state index is 0.308. The number of hydrogen-bond donors (Lipinski definition) is 1. The summed E-state index contributed by atoms with van der Waals surface area (Å²) in [5.74, 6) is 0.853. The minimum atomic E-state index is -3.58. The Kier molecular flexibility index (Phi) is 4.61. The summed E-state index contributed by atoms with van der Waals surface area (Å²) < 4.78 is 26.4. The minimum Gasteiger partial charge on any atom is -0.354 e. The summed E-state index contributed by atoms with van der Waals surface area (Å²) in [6.45, 7) is 7.44. The molecule has 6 heteroatoms. The van der Waals surface area contributed by atoms with Crippen LogP contribution >= 0.6 is 0 Å². The van der Waals surface area contributed by atoms with Crippen LogP contribution in [0.25, 0.3) is 10.8 Å². The van der Waals surface area contributed by atoms with Gasteiger partial charge in [-0.2, -0.15) is 0 Å². The van der Waals surface area contributed by atoms with E-state index in [1.54, 1.807) is 30.5 Å². The van der Waals surface area contributed by atoms with Gasteiger partial charge in [0.1, 0.15) is 5.82 Å².